The molecule has 0 saturated carbocycles. The molecule has 5 nitrogen and oxygen atoms in total. The summed E-state index contributed by atoms with van der Waals surface area (Å²) < 4.78 is 5.30. The van der Waals surface area contributed by atoms with Gasteiger partial charge >= 0.3 is 0 Å². The quantitative estimate of drug-likeness (QED) is 0.630. The van der Waals surface area contributed by atoms with Gasteiger partial charge in [-0.15, -0.1) is 11.3 Å². The minimum absolute atomic E-state index is 0.0795. The molecule has 6 heteroatoms. The molecule has 3 rings (SSSR count). The molecule has 0 spiro atoms. The fourth-order valence-corrected chi connectivity index (χ4v) is 3.49. The van der Waals surface area contributed by atoms with Crippen molar-refractivity contribution in [2.24, 2.45) is 0 Å². The van der Waals surface area contributed by atoms with Crippen LogP contribution in [0.4, 0.5) is 0 Å². The first kappa shape index (κ1) is 18.5. The maximum Gasteiger partial charge on any atom is 0.147 e. The maximum atomic E-state index is 12.3. The van der Waals surface area contributed by atoms with Crippen LogP contribution in [0.1, 0.15) is 47.7 Å². The molecular weight excluding hydrogens is 346 g/mol. The fraction of sp³-hybridized carbons (Fsp3) is 0.400. The fourth-order valence-electron chi connectivity index (χ4n) is 2.54. The summed E-state index contributed by atoms with van der Waals surface area (Å²) in [6, 6.07) is 5.92. The van der Waals surface area contributed by atoms with E-state index in [0.29, 0.717) is 12.2 Å². The zero-order valence-electron chi connectivity index (χ0n) is 15.4. The average molecular weight is 369 g/mol. The summed E-state index contributed by atoms with van der Waals surface area (Å²) in [6.07, 6.45) is 7.96. The topological polar surface area (TPSA) is 68.9 Å². The highest BCUT2D eigenvalue weighted by Gasteiger charge is 2.20. The van der Waals surface area contributed by atoms with Crippen molar-refractivity contribution in [3.8, 4) is 0 Å². The second-order valence-electron chi connectivity index (χ2n) is 7.40. The van der Waals surface area contributed by atoms with Crippen molar-refractivity contribution >= 4 is 17.1 Å². The van der Waals surface area contributed by atoms with Crippen molar-refractivity contribution in [2.45, 2.75) is 51.9 Å². The first-order valence-corrected chi connectivity index (χ1v) is 9.52. The molecule has 0 aliphatic rings. The van der Waals surface area contributed by atoms with Crippen molar-refractivity contribution in [1.82, 2.24) is 15.1 Å². The van der Waals surface area contributed by atoms with Crippen molar-refractivity contribution in [3.63, 3.8) is 0 Å². The summed E-state index contributed by atoms with van der Waals surface area (Å²) >= 11 is 1.61. The number of hydrogen-bond donors (Lipinski definition) is 0. The number of carbonyl (C=O) groups excluding carboxylic acids is 1. The Morgan fingerprint density at radius 2 is 1.92 bits per heavy atom. The van der Waals surface area contributed by atoms with E-state index in [1.807, 2.05) is 24.4 Å². The summed E-state index contributed by atoms with van der Waals surface area (Å²) in [7, 11) is 0. The Labute approximate surface area is 157 Å². The lowest BCUT2D eigenvalue weighted by Crippen LogP contribution is -2.11. The molecule has 0 saturated heterocycles. The van der Waals surface area contributed by atoms with E-state index >= 15 is 0 Å². The number of thiazole rings is 1. The molecule has 0 atom stereocenters. The van der Waals surface area contributed by atoms with Crippen LogP contribution in [0.5, 0.6) is 0 Å². The normalized spacial score (nSPS) is 11.7. The number of Topliss-reactive ketones (excluding diaryl/α,β-unsaturated/α-hetero) is 1. The van der Waals surface area contributed by atoms with E-state index in [0.717, 1.165) is 23.5 Å². The Balaban J connectivity index is 1.52. The molecule has 0 fully saturated rings. The monoisotopic (exact) mass is 369 g/mol. The van der Waals surface area contributed by atoms with E-state index in [-0.39, 0.29) is 17.6 Å². The second kappa shape index (κ2) is 7.91. The number of ketones is 1. The SMILES string of the molecule is CC(C)(C)c1cc(CC(=O)Cc2ncc(CCc3ccncc3)s2)on1. The number of hydrogen-bond acceptors (Lipinski definition) is 6. The average Bonchev–Trinajstić information content (AvgIpc) is 3.23. The summed E-state index contributed by atoms with van der Waals surface area (Å²) in [5.74, 6) is 0.714. The highest BCUT2D eigenvalue weighted by Crippen LogP contribution is 2.22. The Kier molecular flexibility index (Phi) is 5.61. The predicted molar refractivity (Wildman–Crippen MR) is 101 cm³/mol. The molecule has 0 amide bonds. The number of aromatic nitrogens is 3. The van der Waals surface area contributed by atoms with Crippen molar-refractivity contribution in [3.05, 3.63) is 63.7 Å². The van der Waals surface area contributed by atoms with Crippen LogP contribution in [0.15, 0.2) is 41.3 Å². The third-order valence-corrected chi connectivity index (χ3v) is 5.12. The molecule has 0 bridgehead atoms. The van der Waals surface area contributed by atoms with Gasteiger partial charge in [0.2, 0.25) is 0 Å². The van der Waals surface area contributed by atoms with E-state index in [9.17, 15) is 4.79 Å². The zero-order chi connectivity index (χ0) is 18.6. The number of pyridine rings is 1. The number of carbonyl (C=O) groups is 1. The molecule has 0 unspecified atom stereocenters. The van der Waals surface area contributed by atoms with E-state index in [1.165, 1.54) is 10.4 Å². The van der Waals surface area contributed by atoms with Gasteiger partial charge in [-0.3, -0.25) is 9.78 Å². The Bertz CT molecular complexity index is 863. The van der Waals surface area contributed by atoms with Crippen LogP contribution >= 0.6 is 11.3 Å². The first-order chi connectivity index (χ1) is 12.4. The predicted octanol–water partition coefficient (Wildman–Crippen LogP) is 3.96. The molecule has 3 heterocycles. The van der Waals surface area contributed by atoms with Gasteiger partial charge < -0.3 is 4.52 Å². The third kappa shape index (κ3) is 5.08. The van der Waals surface area contributed by atoms with E-state index in [4.69, 9.17) is 4.52 Å². The molecule has 0 aliphatic carbocycles. The van der Waals surface area contributed by atoms with Crippen LogP contribution < -0.4 is 0 Å². The minimum Gasteiger partial charge on any atom is -0.361 e. The lowest BCUT2D eigenvalue weighted by atomic mass is 9.92. The van der Waals surface area contributed by atoms with Crippen molar-refractivity contribution < 1.29 is 9.32 Å². The van der Waals surface area contributed by atoms with Crippen LogP contribution in [0.2, 0.25) is 0 Å². The van der Waals surface area contributed by atoms with Crippen LogP contribution in [0.25, 0.3) is 0 Å². The molecular formula is C20H23N3O2S. The molecule has 3 aromatic rings. The maximum absolute atomic E-state index is 12.3. The Morgan fingerprint density at radius 1 is 1.15 bits per heavy atom. The van der Waals surface area contributed by atoms with E-state index in [2.05, 4.69) is 35.9 Å². The molecule has 0 radical (unpaired) electrons. The smallest absolute Gasteiger partial charge is 0.147 e. The lowest BCUT2D eigenvalue weighted by Gasteiger charge is -2.12. The largest absolute Gasteiger partial charge is 0.361 e. The molecule has 0 aliphatic heterocycles. The summed E-state index contributed by atoms with van der Waals surface area (Å²) in [6.45, 7) is 6.21. The molecule has 26 heavy (non-hydrogen) atoms. The van der Waals surface area contributed by atoms with Gasteiger partial charge in [-0.2, -0.15) is 0 Å². The molecule has 136 valence electrons. The van der Waals surface area contributed by atoms with Crippen LogP contribution in [-0.2, 0) is 35.9 Å². The van der Waals surface area contributed by atoms with Gasteiger partial charge in [-0.1, -0.05) is 25.9 Å². The van der Waals surface area contributed by atoms with Gasteiger partial charge in [-0.05, 0) is 30.5 Å². The summed E-state index contributed by atoms with van der Waals surface area (Å²) in [4.78, 5) is 21.9. The standard InChI is InChI=1S/C20H23N3O2S/c1-20(2,3)18-12-16(25-23-18)10-15(24)11-19-22-13-17(26-19)5-4-14-6-8-21-9-7-14/h6-9,12-13H,4-5,10-11H2,1-3H3. The Hall–Kier alpha value is -2.34. The first-order valence-electron chi connectivity index (χ1n) is 8.70. The number of rotatable bonds is 7. The zero-order valence-corrected chi connectivity index (χ0v) is 16.2. The van der Waals surface area contributed by atoms with Crippen molar-refractivity contribution in [2.75, 3.05) is 0 Å². The highest BCUT2D eigenvalue weighted by molar-refractivity contribution is 7.11. The van der Waals surface area contributed by atoms with Gasteiger partial charge in [0.1, 0.15) is 16.6 Å². The molecule has 0 aromatic carbocycles. The molecule has 0 N–H and O–H groups in total. The lowest BCUT2D eigenvalue weighted by molar-refractivity contribution is -0.118. The second-order valence-corrected chi connectivity index (χ2v) is 8.60. The van der Waals surface area contributed by atoms with Crippen molar-refractivity contribution in [1.29, 1.82) is 0 Å². The van der Waals surface area contributed by atoms with Crippen LogP contribution in [-0.4, -0.2) is 20.9 Å². The molecule has 3 aromatic heterocycles. The van der Waals surface area contributed by atoms with Gasteiger partial charge in [-0.25, -0.2) is 4.98 Å². The van der Waals surface area contributed by atoms with Gasteiger partial charge in [0.15, 0.2) is 0 Å². The Morgan fingerprint density at radius 3 is 2.62 bits per heavy atom. The van der Waals surface area contributed by atoms with E-state index in [1.54, 1.807) is 23.7 Å². The van der Waals surface area contributed by atoms with Crippen LogP contribution in [0.3, 0.4) is 0 Å². The van der Waals surface area contributed by atoms with Gasteiger partial charge in [0, 0.05) is 34.9 Å². The van der Waals surface area contributed by atoms with E-state index < -0.39 is 0 Å². The highest BCUT2D eigenvalue weighted by atomic mass is 32.1. The van der Waals surface area contributed by atoms with Gasteiger partial charge in [0.05, 0.1) is 18.5 Å². The van der Waals surface area contributed by atoms with Gasteiger partial charge in [0.25, 0.3) is 0 Å². The summed E-state index contributed by atoms with van der Waals surface area (Å²) in [5, 5.41) is 4.92. The number of nitrogens with zero attached hydrogens (tertiary/aromatic N) is 3. The minimum atomic E-state index is -0.0795. The van der Waals surface area contributed by atoms with Crippen LogP contribution in [0, 0.1) is 0 Å². The number of aryl methyl sites for hydroxylation is 2. The summed E-state index contributed by atoms with van der Waals surface area (Å²) in [5.41, 5.74) is 2.04. The third-order valence-electron chi connectivity index (χ3n) is 4.06.